The zero-order valence-corrected chi connectivity index (χ0v) is 7.70. The van der Waals surface area contributed by atoms with Crippen molar-refractivity contribution in [2.24, 2.45) is 5.92 Å². The Bertz CT molecular complexity index is 216. The quantitative estimate of drug-likeness (QED) is 0.424. The molecule has 0 aromatic rings. The standard InChI is InChI=1S/C8H14O6/c1-3-5(10)6(11)4(2-9)14-7(3)8(12)13/h3-7,9-11H,2H2,1H3,(H,12,13)/t3?,4?,5-,6-,7-/m1/s1. The van der Waals surface area contributed by atoms with E-state index in [0.29, 0.717) is 0 Å². The number of hydrogen-bond acceptors (Lipinski definition) is 5. The Morgan fingerprint density at radius 1 is 1.36 bits per heavy atom. The monoisotopic (exact) mass is 206 g/mol. The van der Waals surface area contributed by atoms with Gasteiger partial charge in [-0.05, 0) is 0 Å². The van der Waals surface area contributed by atoms with Gasteiger partial charge in [-0.1, -0.05) is 6.92 Å². The minimum absolute atomic E-state index is 0.519. The lowest BCUT2D eigenvalue weighted by Gasteiger charge is -2.39. The van der Waals surface area contributed by atoms with E-state index in [1.54, 1.807) is 0 Å². The second-order valence-corrected chi connectivity index (χ2v) is 3.46. The molecule has 0 aromatic carbocycles. The second-order valence-electron chi connectivity index (χ2n) is 3.46. The first kappa shape index (κ1) is 11.4. The van der Waals surface area contributed by atoms with Crippen LogP contribution in [0.25, 0.3) is 0 Å². The average molecular weight is 206 g/mol. The van der Waals surface area contributed by atoms with Crippen molar-refractivity contribution in [3.63, 3.8) is 0 Å². The van der Waals surface area contributed by atoms with Gasteiger partial charge in [-0.15, -0.1) is 0 Å². The molecule has 1 aliphatic rings. The number of aliphatic hydroxyl groups excluding tert-OH is 3. The lowest BCUT2D eigenvalue weighted by atomic mass is 9.88. The average Bonchev–Trinajstić information content (AvgIpc) is 2.14. The van der Waals surface area contributed by atoms with Crippen molar-refractivity contribution in [1.29, 1.82) is 0 Å². The van der Waals surface area contributed by atoms with Crippen molar-refractivity contribution in [3.05, 3.63) is 0 Å². The van der Waals surface area contributed by atoms with E-state index < -0.39 is 42.9 Å². The first-order valence-corrected chi connectivity index (χ1v) is 4.34. The Morgan fingerprint density at radius 3 is 2.36 bits per heavy atom. The van der Waals surface area contributed by atoms with Crippen LogP contribution in [0.1, 0.15) is 6.92 Å². The molecule has 1 heterocycles. The SMILES string of the molecule is CC1[C@@H](O)[C@H](O)C(CO)O[C@H]1C(=O)O. The van der Waals surface area contributed by atoms with Gasteiger partial charge >= 0.3 is 5.97 Å². The summed E-state index contributed by atoms with van der Waals surface area (Å²) in [6, 6.07) is 0. The van der Waals surface area contributed by atoms with Crippen molar-refractivity contribution in [3.8, 4) is 0 Å². The molecule has 0 radical (unpaired) electrons. The van der Waals surface area contributed by atoms with Gasteiger partial charge in [0.2, 0.25) is 0 Å². The molecule has 0 aromatic heterocycles. The van der Waals surface area contributed by atoms with Gasteiger partial charge in [0.05, 0.1) is 12.7 Å². The first-order valence-electron chi connectivity index (χ1n) is 4.34. The molecule has 1 rings (SSSR count). The Balaban J connectivity index is 2.78. The fraction of sp³-hybridized carbons (Fsp3) is 0.875. The molecule has 0 aliphatic carbocycles. The number of carbonyl (C=O) groups is 1. The van der Waals surface area contributed by atoms with Crippen LogP contribution in [0.5, 0.6) is 0 Å². The Kier molecular flexibility index (Phi) is 3.43. The molecular weight excluding hydrogens is 192 g/mol. The molecule has 4 N–H and O–H groups in total. The summed E-state index contributed by atoms with van der Waals surface area (Å²) >= 11 is 0. The fourth-order valence-corrected chi connectivity index (χ4v) is 1.54. The number of ether oxygens (including phenoxy) is 1. The highest BCUT2D eigenvalue weighted by atomic mass is 16.5. The van der Waals surface area contributed by atoms with Crippen LogP contribution in [0.2, 0.25) is 0 Å². The van der Waals surface area contributed by atoms with Gasteiger partial charge in [0.15, 0.2) is 6.10 Å². The second kappa shape index (κ2) is 4.22. The summed E-state index contributed by atoms with van der Waals surface area (Å²) in [5.41, 5.74) is 0. The molecule has 6 heteroatoms. The zero-order valence-electron chi connectivity index (χ0n) is 7.70. The van der Waals surface area contributed by atoms with Crippen LogP contribution < -0.4 is 0 Å². The number of aliphatic hydroxyl groups is 3. The molecule has 0 spiro atoms. The summed E-state index contributed by atoms with van der Waals surface area (Å²) in [7, 11) is 0. The molecule has 1 saturated heterocycles. The van der Waals surface area contributed by atoms with Crippen LogP contribution in [0, 0.1) is 5.92 Å². The normalized spacial score (nSPS) is 43.6. The van der Waals surface area contributed by atoms with Crippen molar-refractivity contribution in [2.45, 2.75) is 31.3 Å². The van der Waals surface area contributed by atoms with Crippen molar-refractivity contribution in [2.75, 3.05) is 6.61 Å². The number of carboxylic acid groups (broad SMARTS) is 1. The van der Waals surface area contributed by atoms with Crippen LogP contribution in [0.3, 0.4) is 0 Å². The Labute approximate surface area is 80.7 Å². The predicted octanol–water partition coefficient (Wildman–Crippen LogP) is -1.81. The van der Waals surface area contributed by atoms with E-state index in [-0.39, 0.29) is 0 Å². The summed E-state index contributed by atoms with van der Waals surface area (Å²) in [5, 5.41) is 36.3. The molecule has 82 valence electrons. The smallest absolute Gasteiger partial charge is 0.333 e. The summed E-state index contributed by atoms with van der Waals surface area (Å²) in [5.74, 6) is -1.91. The molecule has 2 unspecified atom stereocenters. The van der Waals surface area contributed by atoms with Gasteiger partial charge in [0.25, 0.3) is 0 Å². The van der Waals surface area contributed by atoms with E-state index in [2.05, 4.69) is 0 Å². The molecular formula is C8H14O6. The maximum absolute atomic E-state index is 10.7. The van der Waals surface area contributed by atoms with Crippen molar-refractivity contribution >= 4 is 5.97 Å². The zero-order chi connectivity index (χ0) is 10.9. The maximum Gasteiger partial charge on any atom is 0.333 e. The van der Waals surface area contributed by atoms with E-state index in [1.165, 1.54) is 6.92 Å². The topological polar surface area (TPSA) is 107 Å². The van der Waals surface area contributed by atoms with Crippen molar-refractivity contribution in [1.82, 2.24) is 0 Å². The van der Waals surface area contributed by atoms with Gasteiger partial charge in [0, 0.05) is 5.92 Å². The molecule has 14 heavy (non-hydrogen) atoms. The predicted molar refractivity (Wildman–Crippen MR) is 44.6 cm³/mol. The number of aliphatic carboxylic acids is 1. The largest absolute Gasteiger partial charge is 0.479 e. The summed E-state index contributed by atoms with van der Waals surface area (Å²) in [6.07, 6.45) is -4.67. The number of rotatable bonds is 2. The van der Waals surface area contributed by atoms with Crippen LogP contribution in [0.4, 0.5) is 0 Å². The highest BCUT2D eigenvalue weighted by molar-refractivity contribution is 5.73. The third-order valence-corrected chi connectivity index (χ3v) is 2.49. The number of hydrogen-bond donors (Lipinski definition) is 4. The highest BCUT2D eigenvalue weighted by Gasteiger charge is 2.44. The van der Waals surface area contributed by atoms with E-state index in [0.717, 1.165) is 0 Å². The van der Waals surface area contributed by atoms with Crippen LogP contribution >= 0.6 is 0 Å². The maximum atomic E-state index is 10.7. The molecule has 0 saturated carbocycles. The van der Waals surface area contributed by atoms with Crippen LogP contribution in [0.15, 0.2) is 0 Å². The lowest BCUT2D eigenvalue weighted by Crippen LogP contribution is -2.56. The third kappa shape index (κ3) is 1.88. The van der Waals surface area contributed by atoms with E-state index in [4.69, 9.17) is 14.9 Å². The van der Waals surface area contributed by atoms with Gasteiger partial charge in [-0.25, -0.2) is 4.79 Å². The highest BCUT2D eigenvalue weighted by Crippen LogP contribution is 2.25. The Hall–Kier alpha value is -0.690. The van der Waals surface area contributed by atoms with E-state index >= 15 is 0 Å². The molecule has 6 nitrogen and oxygen atoms in total. The molecule has 0 bridgehead atoms. The Morgan fingerprint density at radius 2 is 1.93 bits per heavy atom. The first-order chi connectivity index (χ1) is 6.49. The van der Waals surface area contributed by atoms with Crippen LogP contribution in [-0.4, -0.2) is 57.4 Å². The molecule has 5 atom stereocenters. The van der Waals surface area contributed by atoms with Gasteiger partial charge in [0.1, 0.15) is 12.2 Å². The minimum atomic E-state index is -1.24. The minimum Gasteiger partial charge on any atom is -0.479 e. The van der Waals surface area contributed by atoms with Crippen molar-refractivity contribution < 1.29 is 30.0 Å². The third-order valence-electron chi connectivity index (χ3n) is 2.49. The lowest BCUT2D eigenvalue weighted by molar-refractivity contribution is -0.214. The summed E-state index contributed by atoms with van der Waals surface area (Å²) in [6.45, 7) is 0.953. The summed E-state index contributed by atoms with van der Waals surface area (Å²) < 4.78 is 4.93. The summed E-state index contributed by atoms with van der Waals surface area (Å²) in [4.78, 5) is 10.7. The van der Waals surface area contributed by atoms with Gasteiger partial charge in [-0.2, -0.15) is 0 Å². The van der Waals surface area contributed by atoms with Gasteiger partial charge < -0.3 is 25.2 Å². The van der Waals surface area contributed by atoms with Crippen LogP contribution in [-0.2, 0) is 9.53 Å². The van der Waals surface area contributed by atoms with Gasteiger partial charge in [-0.3, -0.25) is 0 Å². The molecule has 0 amide bonds. The van der Waals surface area contributed by atoms with E-state index in [1.807, 2.05) is 0 Å². The van der Waals surface area contributed by atoms with E-state index in [9.17, 15) is 15.0 Å². The number of carboxylic acids is 1. The molecule has 1 fully saturated rings. The molecule has 1 aliphatic heterocycles. The fourth-order valence-electron chi connectivity index (χ4n) is 1.54.